The molecule has 152 valence electrons. The van der Waals surface area contributed by atoms with Crippen LogP contribution in [0.4, 0.5) is 8.78 Å². The molecule has 0 aliphatic heterocycles. The van der Waals surface area contributed by atoms with Crippen LogP contribution >= 0.6 is 0 Å². The van der Waals surface area contributed by atoms with Crippen molar-refractivity contribution in [1.82, 2.24) is 5.32 Å². The van der Waals surface area contributed by atoms with E-state index in [9.17, 15) is 13.6 Å². The largest absolute Gasteiger partial charge is 0.490 e. The fraction of sp³-hybridized carbons (Fsp3) is 0.381. The number of hydrogen-bond donors (Lipinski definition) is 1. The van der Waals surface area contributed by atoms with Gasteiger partial charge in [0.1, 0.15) is 11.6 Å². The van der Waals surface area contributed by atoms with Gasteiger partial charge >= 0.3 is 0 Å². The first-order valence-electron chi connectivity index (χ1n) is 9.28. The lowest BCUT2D eigenvalue weighted by molar-refractivity contribution is 0.0953. The van der Waals surface area contributed by atoms with Gasteiger partial charge in [-0.15, -0.1) is 0 Å². The van der Waals surface area contributed by atoms with Crippen LogP contribution in [0.3, 0.4) is 0 Å². The lowest BCUT2D eigenvalue weighted by Gasteiger charge is -2.17. The van der Waals surface area contributed by atoms with E-state index in [1.165, 1.54) is 12.1 Å². The standard InChI is InChI=1S/C21H25F2NO4/c1-4-26-18-11-15(12-19(27-5-2)20(18)28-6-3)21(25)24-8-7-14-9-16(22)13-17(23)10-14/h9-13H,4-8H2,1-3H3,(H,24,25). The van der Waals surface area contributed by atoms with Crippen molar-refractivity contribution in [3.63, 3.8) is 0 Å². The highest BCUT2D eigenvalue weighted by molar-refractivity contribution is 5.95. The Labute approximate surface area is 163 Å². The molecule has 0 unspecified atom stereocenters. The summed E-state index contributed by atoms with van der Waals surface area (Å²) in [6, 6.07) is 6.48. The zero-order valence-corrected chi connectivity index (χ0v) is 16.3. The lowest BCUT2D eigenvalue weighted by Crippen LogP contribution is -2.26. The van der Waals surface area contributed by atoms with Crippen molar-refractivity contribution in [3.8, 4) is 17.2 Å². The van der Waals surface area contributed by atoms with Crippen LogP contribution in [0.2, 0.25) is 0 Å². The molecule has 0 saturated heterocycles. The first kappa shape index (κ1) is 21.5. The summed E-state index contributed by atoms with van der Waals surface area (Å²) < 4.78 is 43.3. The predicted molar refractivity (Wildman–Crippen MR) is 102 cm³/mol. The van der Waals surface area contributed by atoms with Crippen molar-refractivity contribution >= 4 is 5.91 Å². The van der Waals surface area contributed by atoms with Gasteiger partial charge in [0.05, 0.1) is 19.8 Å². The Morgan fingerprint density at radius 3 is 1.89 bits per heavy atom. The monoisotopic (exact) mass is 393 g/mol. The summed E-state index contributed by atoms with van der Waals surface area (Å²) >= 11 is 0. The summed E-state index contributed by atoms with van der Waals surface area (Å²) in [5, 5.41) is 2.74. The Kier molecular flexibility index (Phi) is 8.04. The van der Waals surface area contributed by atoms with Crippen molar-refractivity contribution in [2.45, 2.75) is 27.2 Å². The Balaban J connectivity index is 2.14. The van der Waals surface area contributed by atoms with Gasteiger partial charge in [0.2, 0.25) is 5.75 Å². The maximum atomic E-state index is 13.2. The van der Waals surface area contributed by atoms with E-state index in [0.717, 1.165) is 6.07 Å². The number of rotatable bonds is 10. The van der Waals surface area contributed by atoms with Crippen LogP contribution in [-0.2, 0) is 6.42 Å². The maximum absolute atomic E-state index is 13.2. The number of carbonyl (C=O) groups excluding carboxylic acids is 1. The summed E-state index contributed by atoms with van der Waals surface area (Å²) in [5.41, 5.74) is 0.815. The molecule has 2 rings (SSSR count). The second kappa shape index (κ2) is 10.5. The number of halogens is 2. The Morgan fingerprint density at radius 2 is 1.39 bits per heavy atom. The quantitative estimate of drug-likeness (QED) is 0.659. The number of amides is 1. The SMILES string of the molecule is CCOc1cc(C(=O)NCCc2cc(F)cc(F)c2)cc(OCC)c1OCC. The highest BCUT2D eigenvalue weighted by atomic mass is 19.1. The first-order valence-corrected chi connectivity index (χ1v) is 9.28. The third-order valence-electron chi connectivity index (χ3n) is 3.79. The molecule has 0 radical (unpaired) electrons. The van der Waals surface area contributed by atoms with Crippen molar-refractivity contribution in [1.29, 1.82) is 0 Å². The maximum Gasteiger partial charge on any atom is 0.251 e. The van der Waals surface area contributed by atoms with E-state index < -0.39 is 11.6 Å². The predicted octanol–water partition coefficient (Wildman–Crippen LogP) is 4.13. The van der Waals surface area contributed by atoms with Crippen LogP contribution in [0.1, 0.15) is 36.7 Å². The minimum atomic E-state index is -0.643. The van der Waals surface area contributed by atoms with Crippen molar-refractivity contribution in [2.24, 2.45) is 0 Å². The fourth-order valence-electron chi connectivity index (χ4n) is 2.70. The first-order chi connectivity index (χ1) is 13.5. The molecule has 0 fully saturated rings. The molecule has 28 heavy (non-hydrogen) atoms. The molecule has 0 saturated carbocycles. The van der Waals surface area contributed by atoms with E-state index in [-0.39, 0.29) is 12.5 Å². The van der Waals surface area contributed by atoms with Gasteiger partial charge < -0.3 is 19.5 Å². The van der Waals surface area contributed by atoms with Gasteiger partial charge in [-0.3, -0.25) is 4.79 Å². The summed E-state index contributed by atoms with van der Waals surface area (Å²) in [6.45, 7) is 6.98. The summed E-state index contributed by atoms with van der Waals surface area (Å²) in [4.78, 5) is 12.5. The second-order valence-corrected chi connectivity index (χ2v) is 5.88. The van der Waals surface area contributed by atoms with Gasteiger partial charge in [0.25, 0.3) is 5.91 Å². The van der Waals surface area contributed by atoms with E-state index in [2.05, 4.69) is 5.32 Å². The third kappa shape index (κ3) is 5.84. The van der Waals surface area contributed by atoms with E-state index in [1.54, 1.807) is 12.1 Å². The topological polar surface area (TPSA) is 56.8 Å². The fourth-order valence-corrected chi connectivity index (χ4v) is 2.70. The van der Waals surface area contributed by atoms with Gasteiger partial charge in [0, 0.05) is 18.2 Å². The Hall–Kier alpha value is -2.83. The second-order valence-electron chi connectivity index (χ2n) is 5.88. The molecule has 0 aromatic heterocycles. The highest BCUT2D eigenvalue weighted by Crippen LogP contribution is 2.39. The van der Waals surface area contributed by atoms with Crippen molar-refractivity contribution < 1.29 is 27.8 Å². The van der Waals surface area contributed by atoms with Crippen molar-refractivity contribution in [3.05, 3.63) is 53.1 Å². The average molecular weight is 393 g/mol. The zero-order chi connectivity index (χ0) is 20.5. The molecule has 0 aliphatic rings. The van der Waals surface area contributed by atoms with E-state index in [0.29, 0.717) is 54.6 Å². The smallest absolute Gasteiger partial charge is 0.251 e. The molecule has 2 aromatic carbocycles. The number of nitrogens with one attached hydrogen (secondary N) is 1. The van der Waals surface area contributed by atoms with Gasteiger partial charge in [-0.2, -0.15) is 0 Å². The Bertz CT molecular complexity index is 764. The molecule has 0 heterocycles. The summed E-state index contributed by atoms with van der Waals surface area (Å²) in [7, 11) is 0. The van der Waals surface area contributed by atoms with Gasteiger partial charge in [-0.1, -0.05) is 0 Å². The van der Waals surface area contributed by atoms with Gasteiger partial charge in [-0.25, -0.2) is 8.78 Å². The van der Waals surface area contributed by atoms with Crippen LogP contribution in [0.5, 0.6) is 17.2 Å². The minimum Gasteiger partial charge on any atom is -0.490 e. The molecule has 0 atom stereocenters. The zero-order valence-electron chi connectivity index (χ0n) is 16.3. The van der Waals surface area contributed by atoms with Crippen LogP contribution in [0.25, 0.3) is 0 Å². The summed E-state index contributed by atoms with van der Waals surface area (Å²) in [6.07, 6.45) is 0.300. The van der Waals surface area contributed by atoms with Gasteiger partial charge in [-0.05, 0) is 57.0 Å². The molecule has 0 aliphatic carbocycles. The van der Waals surface area contributed by atoms with Crippen molar-refractivity contribution in [2.75, 3.05) is 26.4 Å². The van der Waals surface area contributed by atoms with E-state index in [1.807, 2.05) is 20.8 Å². The Morgan fingerprint density at radius 1 is 0.857 bits per heavy atom. The molecule has 1 amide bonds. The normalized spacial score (nSPS) is 10.5. The van der Waals surface area contributed by atoms with Crippen LogP contribution in [-0.4, -0.2) is 32.3 Å². The molecular formula is C21H25F2NO4. The minimum absolute atomic E-state index is 0.225. The van der Waals surface area contributed by atoms with Gasteiger partial charge in [0.15, 0.2) is 11.5 Å². The number of hydrogen-bond acceptors (Lipinski definition) is 4. The molecule has 5 nitrogen and oxygen atoms in total. The number of ether oxygens (including phenoxy) is 3. The average Bonchev–Trinajstić information content (AvgIpc) is 2.63. The van der Waals surface area contributed by atoms with Crippen LogP contribution in [0, 0.1) is 11.6 Å². The molecule has 0 bridgehead atoms. The third-order valence-corrected chi connectivity index (χ3v) is 3.79. The van der Waals surface area contributed by atoms with E-state index >= 15 is 0 Å². The number of benzene rings is 2. The summed E-state index contributed by atoms with van der Waals surface area (Å²) in [5.74, 6) is -0.328. The van der Waals surface area contributed by atoms with E-state index in [4.69, 9.17) is 14.2 Å². The van der Waals surface area contributed by atoms with Crippen LogP contribution in [0.15, 0.2) is 30.3 Å². The lowest BCUT2D eigenvalue weighted by atomic mass is 10.1. The molecule has 0 spiro atoms. The number of carbonyl (C=O) groups is 1. The van der Waals surface area contributed by atoms with Crippen LogP contribution < -0.4 is 19.5 Å². The molecule has 1 N–H and O–H groups in total. The molecule has 2 aromatic rings. The molecule has 7 heteroatoms. The highest BCUT2D eigenvalue weighted by Gasteiger charge is 2.18. The molecular weight excluding hydrogens is 368 g/mol.